The van der Waals surface area contributed by atoms with E-state index in [9.17, 15) is 4.79 Å². The first-order valence-corrected chi connectivity index (χ1v) is 7.41. The van der Waals surface area contributed by atoms with Crippen LogP contribution in [0.2, 0.25) is 0 Å². The second-order valence-electron chi connectivity index (χ2n) is 4.81. The van der Waals surface area contributed by atoms with E-state index in [-0.39, 0.29) is 11.9 Å². The SMILES string of the molecule is CNC(C)c1csc(NC(=O)c2c(C)cccc2C)n1. The number of hydrogen-bond donors (Lipinski definition) is 2. The van der Waals surface area contributed by atoms with Crippen molar-refractivity contribution in [1.82, 2.24) is 10.3 Å². The number of aryl methyl sites for hydroxylation is 2. The molecule has 20 heavy (non-hydrogen) atoms. The molecule has 4 nitrogen and oxygen atoms in total. The number of thiazole rings is 1. The number of hydrogen-bond acceptors (Lipinski definition) is 4. The van der Waals surface area contributed by atoms with E-state index >= 15 is 0 Å². The monoisotopic (exact) mass is 289 g/mol. The van der Waals surface area contributed by atoms with Crippen LogP contribution >= 0.6 is 11.3 Å². The number of nitrogens with zero attached hydrogens (tertiary/aromatic N) is 1. The van der Waals surface area contributed by atoms with Crippen molar-refractivity contribution in [3.05, 3.63) is 46.0 Å². The van der Waals surface area contributed by atoms with Gasteiger partial charge in [0.2, 0.25) is 0 Å². The maximum absolute atomic E-state index is 12.3. The lowest BCUT2D eigenvalue weighted by atomic mass is 10.0. The highest BCUT2D eigenvalue weighted by Crippen LogP contribution is 2.22. The Morgan fingerprint density at radius 3 is 2.55 bits per heavy atom. The van der Waals surface area contributed by atoms with Crippen molar-refractivity contribution in [3.63, 3.8) is 0 Å². The highest BCUT2D eigenvalue weighted by atomic mass is 32.1. The van der Waals surface area contributed by atoms with Crippen LogP contribution in [0.25, 0.3) is 0 Å². The topological polar surface area (TPSA) is 54.0 Å². The van der Waals surface area contributed by atoms with Crippen LogP contribution in [0.4, 0.5) is 5.13 Å². The van der Waals surface area contributed by atoms with Gasteiger partial charge in [0.05, 0.1) is 5.69 Å². The molecule has 0 aliphatic heterocycles. The maximum atomic E-state index is 12.3. The van der Waals surface area contributed by atoms with Crippen molar-refractivity contribution in [2.75, 3.05) is 12.4 Å². The summed E-state index contributed by atoms with van der Waals surface area (Å²) in [5.41, 5.74) is 3.62. The minimum absolute atomic E-state index is 0.0985. The third-order valence-corrected chi connectivity index (χ3v) is 4.10. The van der Waals surface area contributed by atoms with Crippen LogP contribution in [-0.4, -0.2) is 17.9 Å². The molecule has 106 valence electrons. The minimum Gasteiger partial charge on any atom is -0.312 e. The molecular weight excluding hydrogens is 270 g/mol. The summed E-state index contributed by atoms with van der Waals surface area (Å²) < 4.78 is 0. The van der Waals surface area contributed by atoms with Crippen molar-refractivity contribution >= 4 is 22.4 Å². The molecule has 1 aromatic carbocycles. The standard InChI is InChI=1S/C15H19N3OS/c1-9-6-5-7-10(2)13(9)14(19)18-15-17-12(8-20-15)11(3)16-4/h5-8,11,16H,1-4H3,(H,17,18,19). The lowest BCUT2D eigenvalue weighted by Crippen LogP contribution is -2.16. The van der Waals surface area contributed by atoms with E-state index in [1.807, 2.05) is 51.4 Å². The molecule has 1 heterocycles. The number of aromatic nitrogens is 1. The van der Waals surface area contributed by atoms with E-state index in [0.29, 0.717) is 5.13 Å². The van der Waals surface area contributed by atoms with Crippen molar-refractivity contribution in [2.24, 2.45) is 0 Å². The maximum Gasteiger partial charge on any atom is 0.257 e. The molecule has 2 aromatic rings. The van der Waals surface area contributed by atoms with Gasteiger partial charge in [-0.3, -0.25) is 10.1 Å². The fourth-order valence-corrected chi connectivity index (χ4v) is 2.82. The molecule has 1 atom stereocenters. The van der Waals surface area contributed by atoms with Gasteiger partial charge in [0.1, 0.15) is 0 Å². The summed E-state index contributed by atoms with van der Waals surface area (Å²) in [7, 11) is 1.89. The largest absolute Gasteiger partial charge is 0.312 e. The second kappa shape index (κ2) is 6.15. The predicted octanol–water partition coefficient (Wildman–Crippen LogP) is 3.29. The molecule has 0 fully saturated rings. The second-order valence-corrected chi connectivity index (χ2v) is 5.67. The first-order valence-electron chi connectivity index (χ1n) is 6.53. The van der Waals surface area contributed by atoms with Crippen LogP contribution in [0.1, 0.15) is 40.1 Å². The number of benzene rings is 1. The molecule has 2 N–H and O–H groups in total. The Morgan fingerprint density at radius 1 is 1.30 bits per heavy atom. The van der Waals surface area contributed by atoms with Crippen molar-refractivity contribution in [3.8, 4) is 0 Å². The number of carbonyl (C=O) groups excluding carboxylic acids is 1. The quantitative estimate of drug-likeness (QED) is 0.908. The number of nitrogens with one attached hydrogen (secondary N) is 2. The number of amides is 1. The van der Waals surface area contributed by atoms with E-state index in [2.05, 4.69) is 15.6 Å². The van der Waals surface area contributed by atoms with E-state index in [1.54, 1.807) is 0 Å². The third-order valence-electron chi connectivity index (χ3n) is 3.33. The zero-order valence-electron chi connectivity index (χ0n) is 12.2. The van der Waals surface area contributed by atoms with Gasteiger partial charge in [-0.25, -0.2) is 4.98 Å². The Bertz CT molecular complexity index is 601. The van der Waals surface area contributed by atoms with Gasteiger partial charge < -0.3 is 5.32 Å². The molecule has 2 rings (SSSR count). The molecule has 0 saturated carbocycles. The van der Waals surface area contributed by atoms with Gasteiger partial charge >= 0.3 is 0 Å². The highest BCUT2D eigenvalue weighted by molar-refractivity contribution is 7.14. The minimum atomic E-state index is -0.0985. The Balaban J connectivity index is 2.18. The normalized spacial score (nSPS) is 12.2. The molecule has 0 bridgehead atoms. The molecule has 0 aliphatic rings. The van der Waals surface area contributed by atoms with Crippen LogP contribution in [0.5, 0.6) is 0 Å². The van der Waals surface area contributed by atoms with Gasteiger partial charge in [-0.15, -0.1) is 11.3 Å². The van der Waals surface area contributed by atoms with Crippen LogP contribution in [0.3, 0.4) is 0 Å². The molecule has 0 aliphatic carbocycles. The summed E-state index contributed by atoms with van der Waals surface area (Å²) in [5, 5.41) is 8.60. The van der Waals surface area contributed by atoms with E-state index in [1.165, 1.54) is 11.3 Å². The molecule has 1 unspecified atom stereocenters. The van der Waals surface area contributed by atoms with Crippen LogP contribution in [-0.2, 0) is 0 Å². The average Bonchev–Trinajstić information content (AvgIpc) is 2.86. The van der Waals surface area contributed by atoms with Crippen LogP contribution in [0, 0.1) is 13.8 Å². The number of anilines is 1. The molecule has 0 spiro atoms. The Hall–Kier alpha value is -1.72. The Kier molecular flexibility index (Phi) is 4.52. The fraction of sp³-hybridized carbons (Fsp3) is 0.333. The summed E-state index contributed by atoms with van der Waals surface area (Å²) >= 11 is 1.44. The summed E-state index contributed by atoms with van der Waals surface area (Å²) in [4.78, 5) is 16.8. The summed E-state index contributed by atoms with van der Waals surface area (Å²) in [6, 6.07) is 6.02. The lowest BCUT2D eigenvalue weighted by Gasteiger charge is -2.09. The van der Waals surface area contributed by atoms with Crippen LogP contribution in [0.15, 0.2) is 23.6 Å². The molecule has 1 aromatic heterocycles. The first-order chi connectivity index (χ1) is 9.52. The van der Waals surface area contributed by atoms with Gasteiger partial charge in [0.25, 0.3) is 5.91 Å². The van der Waals surface area contributed by atoms with Gasteiger partial charge in [-0.1, -0.05) is 18.2 Å². The lowest BCUT2D eigenvalue weighted by molar-refractivity contribution is 0.102. The third kappa shape index (κ3) is 3.05. The highest BCUT2D eigenvalue weighted by Gasteiger charge is 2.14. The summed E-state index contributed by atoms with van der Waals surface area (Å²) in [6.45, 7) is 5.92. The molecule has 0 saturated heterocycles. The molecular formula is C15H19N3OS. The van der Waals surface area contributed by atoms with Gasteiger partial charge in [-0.2, -0.15) is 0 Å². The molecule has 5 heteroatoms. The van der Waals surface area contributed by atoms with Crippen molar-refractivity contribution in [2.45, 2.75) is 26.8 Å². The van der Waals surface area contributed by atoms with Crippen molar-refractivity contribution in [1.29, 1.82) is 0 Å². The smallest absolute Gasteiger partial charge is 0.257 e. The van der Waals surface area contributed by atoms with Crippen molar-refractivity contribution < 1.29 is 4.79 Å². The molecule has 0 radical (unpaired) electrons. The Labute approximate surface area is 123 Å². The van der Waals surface area contributed by atoms with E-state index < -0.39 is 0 Å². The summed E-state index contributed by atoms with van der Waals surface area (Å²) in [6.07, 6.45) is 0. The zero-order valence-corrected chi connectivity index (χ0v) is 13.0. The number of rotatable bonds is 4. The zero-order chi connectivity index (χ0) is 14.7. The Morgan fingerprint density at radius 2 is 1.95 bits per heavy atom. The first kappa shape index (κ1) is 14.7. The average molecular weight is 289 g/mol. The van der Waals surface area contributed by atoms with Gasteiger partial charge in [-0.05, 0) is 38.9 Å². The van der Waals surface area contributed by atoms with Gasteiger partial charge in [0, 0.05) is 17.0 Å². The van der Waals surface area contributed by atoms with E-state index in [4.69, 9.17) is 0 Å². The van der Waals surface area contributed by atoms with E-state index in [0.717, 1.165) is 22.4 Å². The summed E-state index contributed by atoms with van der Waals surface area (Å²) in [5.74, 6) is -0.0985. The number of carbonyl (C=O) groups is 1. The van der Waals surface area contributed by atoms with Gasteiger partial charge in [0.15, 0.2) is 5.13 Å². The van der Waals surface area contributed by atoms with Crippen LogP contribution < -0.4 is 10.6 Å². The molecule has 1 amide bonds. The fourth-order valence-electron chi connectivity index (χ4n) is 2.02. The predicted molar refractivity (Wildman–Crippen MR) is 83.5 cm³/mol.